The second kappa shape index (κ2) is 19.2. The molecule has 3 nitrogen and oxygen atoms in total. The summed E-state index contributed by atoms with van der Waals surface area (Å²) in [7, 11) is -6.12. The van der Waals surface area contributed by atoms with E-state index in [0.29, 0.717) is 17.5 Å². The summed E-state index contributed by atoms with van der Waals surface area (Å²) in [6, 6.07) is 105. The molecular weight excluding hydrogens is 991 g/mol. The quantitative estimate of drug-likeness (QED) is 0.0957. The van der Waals surface area contributed by atoms with Crippen molar-refractivity contribution in [2.75, 3.05) is 0 Å². The summed E-state index contributed by atoms with van der Waals surface area (Å²) in [5, 5.41) is 15.7. The first-order chi connectivity index (χ1) is 37.7. The van der Waals surface area contributed by atoms with Crippen molar-refractivity contribution in [2.45, 2.75) is 0 Å². The molecule has 358 valence electrons. The van der Waals surface area contributed by atoms with Crippen molar-refractivity contribution in [1.29, 1.82) is 0 Å². The molecule has 0 bridgehead atoms. The minimum absolute atomic E-state index is 0.630. The van der Waals surface area contributed by atoms with Gasteiger partial charge in [-0.05, 0) is 53.6 Å². The van der Waals surface area contributed by atoms with Gasteiger partial charge in [-0.15, -0.1) is 22.7 Å². The number of hydrogen-bond donors (Lipinski definition) is 0. The van der Waals surface area contributed by atoms with Gasteiger partial charge in [0, 0.05) is 57.0 Å². The zero-order valence-corrected chi connectivity index (χ0v) is 44.9. The molecule has 14 rings (SSSR count). The number of benzene rings is 11. The summed E-state index contributed by atoms with van der Waals surface area (Å²) in [5.74, 6) is 1.89. The Morgan fingerprint density at radius 2 is 0.526 bits per heavy atom. The lowest BCUT2D eigenvalue weighted by Crippen LogP contribution is -2.74. The first-order valence-corrected chi connectivity index (χ1v) is 31.4. The van der Waals surface area contributed by atoms with Crippen molar-refractivity contribution in [3.8, 4) is 34.2 Å². The highest BCUT2D eigenvalue weighted by atomic mass is 32.1. The molecule has 14 aromatic rings. The Labute approximate surface area is 451 Å². The van der Waals surface area contributed by atoms with E-state index in [9.17, 15) is 0 Å². The van der Waals surface area contributed by atoms with E-state index in [1.165, 1.54) is 81.8 Å². The summed E-state index contributed by atoms with van der Waals surface area (Å²) < 4.78 is 5.25. The van der Waals surface area contributed by atoms with Crippen LogP contribution < -0.4 is 41.5 Å². The molecule has 0 unspecified atom stereocenters. The van der Waals surface area contributed by atoms with Gasteiger partial charge in [0.2, 0.25) is 0 Å². The highest BCUT2D eigenvalue weighted by Gasteiger charge is 2.45. The molecule has 0 saturated heterocycles. The molecule has 0 fully saturated rings. The summed E-state index contributed by atoms with van der Waals surface area (Å²) in [5.41, 5.74) is 2.81. The van der Waals surface area contributed by atoms with E-state index in [1.54, 1.807) is 0 Å². The Hall–Kier alpha value is -8.70. The average molecular weight is 1040 g/mol. The number of thiophene rings is 2. The Bertz CT molecular complexity index is 4070. The normalized spacial score (nSPS) is 11.9. The zero-order valence-electron chi connectivity index (χ0n) is 41.3. The van der Waals surface area contributed by atoms with Crippen LogP contribution in [-0.4, -0.2) is 31.1 Å². The smallest absolute Gasteiger partial charge is 0.181 e. The molecule has 0 aliphatic heterocycles. The van der Waals surface area contributed by atoms with Gasteiger partial charge in [0.25, 0.3) is 0 Å². The van der Waals surface area contributed by atoms with E-state index in [2.05, 4.69) is 279 Å². The van der Waals surface area contributed by atoms with Crippen molar-refractivity contribution < 1.29 is 0 Å². The monoisotopic (exact) mass is 1040 g/mol. The lowest BCUT2D eigenvalue weighted by molar-refractivity contribution is 1.07. The second-order valence-electron chi connectivity index (χ2n) is 19.4. The summed E-state index contributed by atoms with van der Waals surface area (Å²) >= 11 is 3.81. The number of rotatable bonds is 11. The van der Waals surface area contributed by atoms with Gasteiger partial charge in [-0.3, -0.25) is 0 Å². The third kappa shape index (κ3) is 7.54. The molecule has 3 heterocycles. The number of hydrogen-bond acceptors (Lipinski definition) is 5. The molecular formula is C69H47N3S2Si2. The minimum atomic E-state index is -3.06. The van der Waals surface area contributed by atoms with Gasteiger partial charge < -0.3 is 0 Å². The van der Waals surface area contributed by atoms with Crippen LogP contribution in [0.15, 0.2) is 285 Å². The maximum Gasteiger partial charge on any atom is 0.181 e. The second-order valence-corrected chi connectivity index (χ2v) is 29.0. The van der Waals surface area contributed by atoms with E-state index >= 15 is 0 Å². The summed E-state index contributed by atoms with van der Waals surface area (Å²) in [4.78, 5) is 16.3. The standard InChI is InChI=1S/C69H47N3S2Si2/c1-6-24-48(25-7-1)67-70-68(49-26-20-36-55(46-49)75(51-28-8-2-9-29-51,52-30-10-3-11-31-52)63-44-22-40-59-57-38-16-18-42-61(57)73-65(59)63)72-69(71-67)50-27-21-37-56(47-50)76(53-32-12-4-13-33-53,54-34-14-5-15-35-54)64-45-23-41-60-58-39-17-19-43-62(58)74-66(60)64/h1-47H. The number of aromatic nitrogens is 3. The van der Waals surface area contributed by atoms with Crippen LogP contribution in [0.3, 0.4) is 0 Å². The molecule has 0 amide bonds. The van der Waals surface area contributed by atoms with E-state index < -0.39 is 16.1 Å². The molecule has 7 heteroatoms. The summed E-state index contributed by atoms with van der Waals surface area (Å²) in [6.07, 6.45) is 0. The first kappa shape index (κ1) is 45.9. The Morgan fingerprint density at radius 1 is 0.237 bits per heavy atom. The molecule has 0 spiro atoms. The highest BCUT2D eigenvalue weighted by Crippen LogP contribution is 2.36. The van der Waals surface area contributed by atoms with E-state index in [4.69, 9.17) is 15.0 Å². The van der Waals surface area contributed by atoms with Crippen LogP contribution in [0, 0.1) is 0 Å². The largest absolute Gasteiger partial charge is 0.208 e. The Morgan fingerprint density at radius 3 is 0.921 bits per heavy atom. The molecule has 0 aliphatic carbocycles. The lowest BCUT2D eigenvalue weighted by Gasteiger charge is -2.35. The van der Waals surface area contributed by atoms with Gasteiger partial charge in [-0.25, -0.2) is 15.0 Å². The highest BCUT2D eigenvalue weighted by molar-refractivity contribution is 7.31. The van der Waals surface area contributed by atoms with Gasteiger partial charge in [-0.2, -0.15) is 0 Å². The van der Waals surface area contributed by atoms with Crippen LogP contribution in [0.4, 0.5) is 0 Å². The fourth-order valence-corrected chi connectivity index (χ4v) is 25.1. The molecule has 76 heavy (non-hydrogen) atoms. The van der Waals surface area contributed by atoms with Crippen molar-refractivity contribution in [2.24, 2.45) is 0 Å². The van der Waals surface area contributed by atoms with E-state index in [-0.39, 0.29) is 0 Å². The predicted octanol–water partition coefficient (Wildman–Crippen LogP) is 12.4. The average Bonchev–Trinajstić information content (AvgIpc) is 4.11. The third-order valence-electron chi connectivity index (χ3n) is 15.2. The van der Waals surface area contributed by atoms with Crippen LogP contribution in [0.25, 0.3) is 74.5 Å². The third-order valence-corrected chi connectivity index (χ3v) is 27.6. The fourth-order valence-electron chi connectivity index (χ4n) is 11.9. The van der Waals surface area contributed by atoms with Crippen LogP contribution in [0.1, 0.15) is 0 Å². The number of fused-ring (bicyclic) bond motifs is 6. The van der Waals surface area contributed by atoms with Gasteiger partial charge in [0.15, 0.2) is 33.6 Å². The number of nitrogens with zero attached hydrogens (tertiary/aromatic N) is 3. The van der Waals surface area contributed by atoms with E-state index in [1.807, 2.05) is 28.7 Å². The topological polar surface area (TPSA) is 38.7 Å². The van der Waals surface area contributed by atoms with Crippen LogP contribution >= 0.6 is 22.7 Å². The molecule has 0 radical (unpaired) electrons. The van der Waals surface area contributed by atoms with Gasteiger partial charge in [-0.1, -0.05) is 273 Å². The Balaban J connectivity index is 1.01. The minimum Gasteiger partial charge on any atom is -0.208 e. The zero-order chi connectivity index (χ0) is 50.5. The van der Waals surface area contributed by atoms with Gasteiger partial charge in [0.05, 0.1) is 0 Å². The van der Waals surface area contributed by atoms with Crippen LogP contribution in [0.5, 0.6) is 0 Å². The van der Waals surface area contributed by atoms with Crippen molar-refractivity contribution in [3.63, 3.8) is 0 Å². The molecule has 0 N–H and O–H groups in total. The van der Waals surface area contributed by atoms with Crippen LogP contribution in [0.2, 0.25) is 0 Å². The maximum atomic E-state index is 5.55. The van der Waals surface area contributed by atoms with E-state index in [0.717, 1.165) is 16.7 Å². The van der Waals surface area contributed by atoms with Crippen molar-refractivity contribution >= 4 is 121 Å². The van der Waals surface area contributed by atoms with Crippen LogP contribution in [-0.2, 0) is 0 Å². The first-order valence-electron chi connectivity index (χ1n) is 25.7. The lowest BCUT2D eigenvalue weighted by atomic mass is 10.1. The molecule has 0 aliphatic rings. The SMILES string of the molecule is c1ccc(-c2nc(-c3cccc([Si](c4ccccc4)(c4ccccc4)c4cccc5c4sc4ccccc45)c3)nc(-c3cccc([Si](c4ccccc4)(c4ccccc4)c4cccc5c4sc4ccccc45)c3)n2)cc1. The van der Waals surface area contributed by atoms with Crippen molar-refractivity contribution in [3.05, 3.63) is 285 Å². The fraction of sp³-hybridized carbons (Fsp3) is 0. The predicted molar refractivity (Wildman–Crippen MR) is 329 cm³/mol. The van der Waals surface area contributed by atoms with Gasteiger partial charge >= 0.3 is 0 Å². The molecule has 0 atom stereocenters. The molecule has 0 saturated carbocycles. The summed E-state index contributed by atoms with van der Waals surface area (Å²) in [6.45, 7) is 0. The molecule has 3 aromatic heterocycles. The molecule has 11 aromatic carbocycles. The maximum absolute atomic E-state index is 5.55. The van der Waals surface area contributed by atoms with Gasteiger partial charge in [0.1, 0.15) is 0 Å². The Kier molecular flexibility index (Phi) is 11.6. The van der Waals surface area contributed by atoms with Crippen molar-refractivity contribution in [1.82, 2.24) is 15.0 Å².